The smallest absolute Gasteiger partial charge is 0.377 e. The van der Waals surface area contributed by atoms with Crippen molar-refractivity contribution in [2.75, 3.05) is 0 Å². The second kappa shape index (κ2) is 3.73. The van der Waals surface area contributed by atoms with Crippen LogP contribution >= 0.6 is 0 Å². The predicted octanol–water partition coefficient (Wildman–Crippen LogP) is 2.25. The summed E-state index contributed by atoms with van der Waals surface area (Å²) in [6.45, 7) is 0. The van der Waals surface area contributed by atoms with E-state index in [1.807, 2.05) is 0 Å². The molecule has 0 spiro atoms. The van der Waals surface area contributed by atoms with Crippen molar-refractivity contribution >= 4 is 22.5 Å². The normalized spacial score (nSPS) is 10.3. The van der Waals surface area contributed by atoms with Gasteiger partial charge in [-0.05, 0) is 17.5 Å². The number of ketones is 1. The van der Waals surface area contributed by atoms with E-state index in [0.29, 0.717) is 5.39 Å². The quantitative estimate of drug-likeness (QED) is 0.621. The number of carbonyl (C=O) groups excluding carboxylic acids is 1. The van der Waals surface area contributed by atoms with Crippen LogP contribution in [0.3, 0.4) is 0 Å². The van der Waals surface area contributed by atoms with Crippen molar-refractivity contribution in [1.82, 2.24) is 0 Å². The fourth-order valence-electron chi connectivity index (χ4n) is 1.58. The van der Waals surface area contributed by atoms with Crippen LogP contribution in [-0.2, 0) is 4.79 Å². The summed E-state index contributed by atoms with van der Waals surface area (Å²) in [7, 11) is 0. The molecule has 0 aliphatic rings. The first-order valence-corrected chi connectivity index (χ1v) is 4.56. The fourth-order valence-corrected chi connectivity index (χ4v) is 1.58. The van der Waals surface area contributed by atoms with E-state index in [1.165, 1.54) is 18.2 Å². The molecule has 2 rings (SSSR count). The molecule has 0 aromatic heterocycles. The first kappa shape index (κ1) is 10.3. The number of fused-ring (bicyclic) bond motifs is 1. The molecule has 80 valence electrons. The summed E-state index contributed by atoms with van der Waals surface area (Å²) in [6, 6.07) is 8.56. The zero-order chi connectivity index (χ0) is 11.7. The van der Waals surface area contributed by atoms with Crippen LogP contribution < -0.4 is 0 Å². The Hall–Kier alpha value is -2.23. The lowest BCUT2D eigenvalue weighted by atomic mass is 10.0. The van der Waals surface area contributed by atoms with Crippen molar-refractivity contribution < 1.29 is 19.1 Å². The second-order valence-corrected chi connectivity index (χ2v) is 3.27. The van der Waals surface area contributed by atoms with Crippen LogP contribution in [0.5, 0.6) is 0 Å². The molecule has 0 aliphatic heterocycles. The average Bonchev–Trinajstić information content (AvgIpc) is 2.29. The second-order valence-electron chi connectivity index (χ2n) is 3.27. The van der Waals surface area contributed by atoms with E-state index < -0.39 is 17.6 Å². The lowest BCUT2D eigenvalue weighted by Gasteiger charge is -2.03. The van der Waals surface area contributed by atoms with Gasteiger partial charge in [0.15, 0.2) is 0 Å². The summed E-state index contributed by atoms with van der Waals surface area (Å²) in [5.74, 6) is -3.05. The summed E-state index contributed by atoms with van der Waals surface area (Å²) < 4.78 is 13.4. The Morgan fingerprint density at radius 3 is 2.25 bits per heavy atom. The van der Waals surface area contributed by atoms with E-state index in [0.717, 1.165) is 6.07 Å². The van der Waals surface area contributed by atoms with Crippen molar-refractivity contribution in [2.24, 2.45) is 0 Å². The molecule has 0 atom stereocenters. The maximum atomic E-state index is 13.4. The van der Waals surface area contributed by atoms with Crippen molar-refractivity contribution in [3.05, 3.63) is 47.8 Å². The molecule has 0 saturated heterocycles. The van der Waals surface area contributed by atoms with Gasteiger partial charge in [-0.15, -0.1) is 0 Å². The molecule has 0 unspecified atom stereocenters. The van der Waals surface area contributed by atoms with Gasteiger partial charge in [0.05, 0.1) is 0 Å². The average molecular weight is 218 g/mol. The van der Waals surface area contributed by atoms with Gasteiger partial charge in [0, 0.05) is 10.9 Å². The highest BCUT2D eigenvalue weighted by Crippen LogP contribution is 2.22. The predicted molar refractivity (Wildman–Crippen MR) is 55.9 cm³/mol. The number of hydrogen-bond acceptors (Lipinski definition) is 2. The molecule has 2 aromatic carbocycles. The third-order valence-electron chi connectivity index (χ3n) is 2.31. The molecule has 3 nitrogen and oxygen atoms in total. The third-order valence-corrected chi connectivity index (χ3v) is 2.31. The zero-order valence-corrected chi connectivity index (χ0v) is 8.11. The number of carboxylic acids is 1. The molecule has 0 saturated carbocycles. The molecule has 0 bridgehead atoms. The van der Waals surface area contributed by atoms with Gasteiger partial charge in [-0.3, -0.25) is 4.79 Å². The Labute approximate surface area is 90.1 Å². The Morgan fingerprint density at radius 2 is 1.62 bits per heavy atom. The van der Waals surface area contributed by atoms with Crippen molar-refractivity contribution in [1.29, 1.82) is 0 Å². The van der Waals surface area contributed by atoms with Crippen molar-refractivity contribution in [2.45, 2.75) is 0 Å². The van der Waals surface area contributed by atoms with Gasteiger partial charge < -0.3 is 5.11 Å². The fraction of sp³-hybridized carbons (Fsp3) is 0. The standard InChI is InChI=1S/C12H7FO3/c13-10-6-5-9(11(14)12(15)16)7-3-1-2-4-8(7)10/h1-6H,(H,15,16). The lowest BCUT2D eigenvalue weighted by molar-refractivity contribution is -0.131. The van der Waals surface area contributed by atoms with E-state index in [1.54, 1.807) is 12.1 Å². The molecule has 0 aliphatic carbocycles. The first-order chi connectivity index (χ1) is 7.61. The zero-order valence-electron chi connectivity index (χ0n) is 8.11. The van der Waals surface area contributed by atoms with Crippen LogP contribution in [0.15, 0.2) is 36.4 Å². The Morgan fingerprint density at radius 1 is 1.00 bits per heavy atom. The number of hydrogen-bond donors (Lipinski definition) is 1. The number of Topliss-reactive ketones (excluding diaryl/α,β-unsaturated/α-hetero) is 1. The number of carbonyl (C=O) groups is 2. The van der Waals surface area contributed by atoms with Gasteiger partial charge in [0.2, 0.25) is 0 Å². The summed E-state index contributed by atoms with van der Waals surface area (Å²) >= 11 is 0. The van der Waals surface area contributed by atoms with Crippen molar-refractivity contribution in [3.8, 4) is 0 Å². The van der Waals surface area contributed by atoms with Gasteiger partial charge >= 0.3 is 5.97 Å². The van der Waals surface area contributed by atoms with Gasteiger partial charge in [0.25, 0.3) is 5.78 Å². The monoisotopic (exact) mass is 218 g/mol. The molecular formula is C12H7FO3. The molecule has 0 heterocycles. The minimum Gasteiger partial charge on any atom is -0.475 e. The van der Waals surface area contributed by atoms with E-state index >= 15 is 0 Å². The number of halogens is 1. The molecule has 0 amide bonds. The SMILES string of the molecule is O=C(O)C(=O)c1ccc(F)c2ccccc12. The molecule has 1 N–H and O–H groups in total. The van der Waals surface area contributed by atoms with Crippen LogP contribution in [-0.4, -0.2) is 16.9 Å². The van der Waals surface area contributed by atoms with E-state index in [4.69, 9.17) is 5.11 Å². The van der Waals surface area contributed by atoms with E-state index in [9.17, 15) is 14.0 Å². The molecular weight excluding hydrogens is 211 g/mol. The molecule has 16 heavy (non-hydrogen) atoms. The van der Waals surface area contributed by atoms with E-state index in [2.05, 4.69) is 0 Å². The summed E-state index contributed by atoms with van der Waals surface area (Å²) in [5, 5.41) is 9.18. The Balaban J connectivity index is 2.77. The van der Waals surface area contributed by atoms with Crippen LogP contribution in [0.2, 0.25) is 0 Å². The van der Waals surface area contributed by atoms with Gasteiger partial charge in [-0.2, -0.15) is 0 Å². The van der Waals surface area contributed by atoms with Crippen LogP contribution in [0, 0.1) is 5.82 Å². The molecule has 0 radical (unpaired) electrons. The first-order valence-electron chi connectivity index (χ1n) is 4.56. The minimum atomic E-state index is -1.54. The minimum absolute atomic E-state index is 0.00417. The number of aliphatic carboxylic acids is 1. The highest BCUT2D eigenvalue weighted by Gasteiger charge is 2.18. The van der Waals surface area contributed by atoms with Crippen LogP contribution in [0.1, 0.15) is 10.4 Å². The largest absolute Gasteiger partial charge is 0.475 e. The third kappa shape index (κ3) is 1.54. The van der Waals surface area contributed by atoms with Gasteiger partial charge in [0.1, 0.15) is 5.82 Å². The lowest BCUT2D eigenvalue weighted by Crippen LogP contribution is -2.13. The number of benzene rings is 2. The number of carboxylic acid groups (broad SMARTS) is 1. The van der Waals surface area contributed by atoms with Gasteiger partial charge in [-0.25, -0.2) is 9.18 Å². The Kier molecular flexibility index (Phi) is 2.40. The number of rotatable bonds is 2. The maximum absolute atomic E-state index is 13.4. The molecule has 2 aromatic rings. The highest BCUT2D eigenvalue weighted by atomic mass is 19.1. The molecule has 4 heteroatoms. The van der Waals surface area contributed by atoms with Gasteiger partial charge in [-0.1, -0.05) is 24.3 Å². The summed E-state index contributed by atoms with van der Waals surface area (Å²) in [6.07, 6.45) is 0. The van der Waals surface area contributed by atoms with E-state index in [-0.39, 0.29) is 10.9 Å². The summed E-state index contributed by atoms with van der Waals surface area (Å²) in [4.78, 5) is 21.9. The maximum Gasteiger partial charge on any atom is 0.377 e. The Bertz CT molecular complexity index is 590. The van der Waals surface area contributed by atoms with Crippen LogP contribution in [0.25, 0.3) is 10.8 Å². The highest BCUT2D eigenvalue weighted by molar-refractivity contribution is 6.42. The molecule has 0 fully saturated rings. The summed E-state index contributed by atoms with van der Waals surface area (Å²) in [5.41, 5.74) is 0.00417. The van der Waals surface area contributed by atoms with Crippen molar-refractivity contribution in [3.63, 3.8) is 0 Å². The van der Waals surface area contributed by atoms with Crippen LogP contribution in [0.4, 0.5) is 4.39 Å². The topological polar surface area (TPSA) is 54.4 Å².